The topological polar surface area (TPSA) is 92.5 Å². The Bertz CT molecular complexity index is 422. The number of rotatable bonds is 5. The van der Waals surface area contributed by atoms with Crippen LogP contribution in [0, 0.1) is 15.9 Å². The summed E-state index contributed by atoms with van der Waals surface area (Å²) in [6.45, 7) is -0.308. The lowest BCUT2D eigenvalue weighted by molar-refractivity contribution is -0.385. The molecule has 0 saturated carbocycles. The van der Waals surface area contributed by atoms with Crippen molar-refractivity contribution in [2.24, 2.45) is 0 Å². The van der Waals surface area contributed by atoms with Crippen molar-refractivity contribution >= 4 is 11.7 Å². The molecule has 0 amide bonds. The highest BCUT2D eigenvalue weighted by molar-refractivity contribution is 5.69. The minimum atomic E-state index is -1.07. The number of nitrogens with one attached hydrogen (secondary N) is 1. The van der Waals surface area contributed by atoms with Gasteiger partial charge >= 0.3 is 5.97 Å². The molecule has 0 radical (unpaired) electrons. The number of hydrogen-bond donors (Lipinski definition) is 2. The van der Waals surface area contributed by atoms with E-state index in [1.807, 2.05) is 0 Å². The molecule has 0 bridgehead atoms. The van der Waals surface area contributed by atoms with E-state index >= 15 is 0 Å². The van der Waals surface area contributed by atoms with Crippen LogP contribution in [0.3, 0.4) is 0 Å². The van der Waals surface area contributed by atoms with Gasteiger partial charge in [-0.15, -0.1) is 0 Å². The average molecular weight is 228 g/mol. The van der Waals surface area contributed by atoms with Gasteiger partial charge in [0.25, 0.3) is 5.69 Å². The minimum Gasteiger partial charge on any atom is -0.480 e. The van der Waals surface area contributed by atoms with Crippen molar-refractivity contribution in [3.63, 3.8) is 0 Å². The van der Waals surface area contributed by atoms with E-state index in [0.29, 0.717) is 0 Å². The van der Waals surface area contributed by atoms with Gasteiger partial charge in [-0.05, 0) is 12.1 Å². The van der Waals surface area contributed by atoms with E-state index in [4.69, 9.17) is 5.11 Å². The largest absolute Gasteiger partial charge is 0.480 e. The zero-order valence-electron chi connectivity index (χ0n) is 8.14. The van der Waals surface area contributed by atoms with Gasteiger partial charge in [0.05, 0.1) is 17.5 Å². The molecule has 0 fully saturated rings. The fourth-order valence-electron chi connectivity index (χ4n) is 1.16. The smallest absolute Gasteiger partial charge is 0.317 e. The van der Waals surface area contributed by atoms with Gasteiger partial charge in [-0.3, -0.25) is 14.9 Å². The van der Waals surface area contributed by atoms with Crippen molar-refractivity contribution in [1.82, 2.24) is 5.32 Å². The highest BCUT2D eigenvalue weighted by Crippen LogP contribution is 2.19. The van der Waals surface area contributed by atoms with Crippen LogP contribution in [0.15, 0.2) is 18.2 Å². The zero-order valence-corrected chi connectivity index (χ0v) is 8.14. The monoisotopic (exact) mass is 228 g/mol. The third-order valence-corrected chi connectivity index (χ3v) is 1.84. The normalized spacial score (nSPS) is 10.1. The summed E-state index contributed by atoms with van der Waals surface area (Å²) in [6, 6.07) is 3.14. The number of nitro benzene ring substituents is 1. The number of hydrogen-bond acceptors (Lipinski definition) is 4. The molecule has 0 aliphatic heterocycles. The van der Waals surface area contributed by atoms with Gasteiger partial charge in [0.2, 0.25) is 0 Å². The highest BCUT2D eigenvalue weighted by atomic mass is 19.1. The molecule has 0 aliphatic carbocycles. The predicted molar refractivity (Wildman–Crippen MR) is 52.4 cm³/mol. The van der Waals surface area contributed by atoms with Crippen LogP contribution in [0.4, 0.5) is 10.1 Å². The van der Waals surface area contributed by atoms with E-state index in [2.05, 4.69) is 5.32 Å². The van der Waals surface area contributed by atoms with Crippen LogP contribution in [0.2, 0.25) is 0 Å². The first-order chi connectivity index (χ1) is 7.50. The Morgan fingerprint density at radius 2 is 2.25 bits per heavy atom. The lowest BCUT2D eigenvalue weighted by atomic mass is 10.2. The van der Waals surface area contributed by atoms with Crippen LogP contribution in [-0.4, -0.2) is 22.5 Å². The van der Waals surface area contributed by atoms with E-state index < -0.39 is 16.7 Å². The van der Waals surface area contributed by atoms with Crippen molar-refractivity contribution in [2.75, 3.05) is 6.54 Å². The Morgan fingerprint density at radius 1 is 1.56 bits per heavy atom. The van der Waals surface area contributed by atoms with Crippen LogP contribution in [0.25, 0.3) is 0 Å². The summed E-state index contributed by atoms with van der Waals surface area (Å²) in [6.07, 6.45) is 0. The molecule has 0 aromatic heterocycles. The van der Waals surface area contributed by atoms with Crippen LogP contribution in [-0.2, 0) is 11.3 Å². The summed E-state index contributed by atoms with van der Waals surface area (Å²) in [5, 5.41) is 21.4. The molecule has 0 heterocycles. The fourth-order valence-corrected chi connectivity index (χ4v) is 1.16. The second-order valence-electron chi connectivity index (χ2n) is 3.03. The second-order valence-corrected chi connectivity index (χ2v) is 3.03. The van der Waals surface area contributed by atoms with E-state index in [1.54, 1.807) is 0 Å². The number of halogens is 1. The summed E-state index contributed by atoms with van der Waals surface area (Å²) >= 11 is 0. The van der Waals surface area contributed by atoms with Crippen molar-refractivity contribution in [2.45, 2.75) is 6.54 Å². The molecule has 0 unspecified atom stereocenters. The van der Waals surface area contributed by atoms with Crippen molar-refractivity contribution < 1.29 is 19.2 Å². The molecule has 7 heteroatoms. The van der Waals surface area contributed by atoms with Crippen LogP contribution in [0.1, 0.15) is 5.56 Å². The minimum absolute atomic E-state index is 0.00287. The maximum atomic E-state index is 12.7. The summed E-state index contributed by atoms with van der Waals surface area (Å²) in [5.41, 5.74) is -0.120. The molecule has 0 spiro atoms. The first kappa shape index (κ1) is 12.1. The molecule has 1 aromatic rings. The maximum Gasteiger partial charge on any atom is 0.317 e. The third kappa shape index (κ3) is 3.28. The summed E-state index contributed by atoms with van der Waals surface area (Å²) in [4.78, 5) is 20.1. The maximum absolute atomic E-state index is 12.7. The number of nitro groups is 1. The Kier molecular flexibility index (Phi) is 3.90. The first-order valence-electron chi connectivity index (χ1n) is 4.36. The number of carbonyl (C=O) groups is 1. The Morgan fingerprint density at radius 3 is 2.81 bits per heavy atom. The summed E-state index contributed by atoms with van der Waals surface area (Å²) in [5.74, 6) is -1.77. The van der Waals surface area contributed by atoms with E-state index in [1.165, 1.54) is 6.07 Å². The number of benzene rings is 1. The first-order valence-corrected chi connectivity index (χ1v) is 4.36. The van der Waals surface area contributed by atoms with Gasteiger partial charge < -0.3 is 10.4 Å². The van der Waals surface area contributed by atoms with Crippen molar-refractivity contribution in [3.8, 4) is 0 Å². The van der Waals surface area contributed by atoms with Crippen LogP contribution in [0.5, 0.6) is 0 Å². The van der Waals surface area contributed by atoms with Crippen LogP contribution >= 0.6 is 0 Å². The quantitative estimate of drug-likeness (QED) is 0.577. The van der Waals surface area contributed by atoms with Gasteiger partial charge in [0.1, 0.15) is 5.82 Å². The second kappa shape index (κ2) is 5.17. The van der Waals surface area contributed by atoms with Crippen molar-refractivity contribution in [1.29, 1.82) is 0 Å². The molecule has 6 nitrogen and oxygen atoms in total. The van der Waals surface area contributed by atoms with Gasteiger partial charge in [-0.1, -0.05) is 0 Å². The number of aliphatic carboxylic acids is 1. The van der Waals surface area contributed by atoms with Crippen molar-refractivity contribution in [3.05, 3.63) is 39.7 Å². The molecule has 1 rings (SSSR count). The fraction of sp³-hybridized carbons (Fsp3) is 0.222. The van der Waals surface area contributed by atoms with Gasteiger partial charge in [0.15, 0.2) is 0 Å². The average Bonchev–Trinajstić information content (AvgIpc) is 2.19. The van der Waals surface area contributed by atoms with E-state index in [9.17, 15) is 19.3 Å². The lowest BCUT2D eigenvalue weighted by Crippen LogP contribution is -2.22. The molecule has 86 valence electrons. The molecule has 1 aromatic carbocycles. The van der Waals surface area contributed by atoms with Gasteiger partial charge in [-0.25, -0.2) is 4.39 Å². The van der Waals surface area contributed by atoms with Gasteiger partial charge in [-0.2, -0.15) is 0 Å². The zero-order chi connectivity index (χ0) is 12.1. The molecular weight excluding hydrogens is 219 g/mol. The Hall–Kier alpha value is -2.02. The number of carboxylic acids is 1. The molecule has 0 aliphatic rings. The molecule has 2 N–H and O–H groups in total. The summed E-state index contributed by atoms with van der Waals surface area (Å²) < 4.78 is 12.7. The lowest BCUT2D eigenvalue weighted by Gasteiger charge is -2.03. The molecule has 16 heavy (non-hydrogen) atoms. The highest BCUT2D eigenvalue weighted by Gasteiger charge is 2.14. The SMILES string of the molecule is O=C(O)CNCc1ccc(F)cc1[N+](=O)[O-]. The summed E-state index contributed by atoms with van der Waals surface area (Å²) in [7, 11) is 0. The number of nitrogens with zero attached hydrogens (tertiary/aromatic N) is 1. The Labute approximate surface area is 89.9 Å². The molecule has 0 saturated heterocycles. The number of carboxylic acid groups (broad SMARTS) is 1. The molecular formula is C9H9FN2O4. The Balaban J connectivity index is 2.78. The van der Waals surface area contributed by atoms with Gasteiger partial charge in [0, 0.05) is 12.1 Å². The predicted octanol–water partition coefficient (Wildman–Crippen LogP) is 0.908. The standard InChI is InChI=1S/C9H9FN2O4/c10-7-2-1-6(4-11-5-9(13)14)8(3-7)12(15)16/h1-3,11H,4-5H2,(H,13,14). The van der Waals surface area contributed by atoms with E-state index in [-0.39, 0.29) is 24.3 Å². The molecule has 0 atom stereocenters. The third-order valence-electron chi connectivity index (χ3n) is 1.84. The van der Waals surface area contributed by atoms with E-state index in [0.717, 1.165) is 12.1 Å². The van der Waals surface area contributed by atoms with Crippen LogP contribution < -0.4 is 5.32 Å².